The van der Waals surface area contributed by atoms with E-state index in [1.165, 1.54) is 5.56 Å². The van der Waals surface area contributed by atoms with Crippen LogP contribution in [0.3, 0.4) is 0 Å². The fraction of sp³-hybridized carbons (Fsp3) is 0.0588. The molecule has 94 valence electrons. The highest BCUT2D eigenvalue weighted by molar-refractivity contribution is 5.34. The van der Waals surface area contributed by atoms with Crippen LogP contribution >= 0.6 is 0 Å². The molecule has 0 N–H and O–H groups in total. The largest absolute Gasteiger partial charge is 0.457 e. The number of hydrogen-bond acceptors (Lipinski definition) is 1. The fourth-order valence-electron chi connectivity index (χ4n) is 2.02. The molecule has 0 atom stereocenters. The van der Waals surface area contributed by atoms with Crippen LogP contribution in [0.4, 0.5) is 0 Å². The number of ether oxygens (including phenoxy) is 1. The van der Waals surface area contributed by atoms with Crippen LogP contribution in [0.5, 0.6) is 11.5 Å². The SMILES string of the molecule is c1ccc(Oc2cccc(Cn3cccc3)c2)cc1. The van der Waals surface area contributed by atoms with Gasteiger partial charge in [-0.1, -0.05) is 30.3 Å². The predicted molar refractivity (Wildman–Crippen MR) is 76.5 cm³/mol. The molecular weight excluding hydrogens is 234 g/mol. The summed E-state index contributed by atoms with van der Waals surface area (Å²) in [5.41, 5.74) is 1.23. The Labute approximate surface area is 112 Å². The van der Waals surface area contributed by atoms with E-state index in [0.29, 0.717) is 0 Å². The summed E-state index contributed by atoms with van der Waals surface area (Å²) in [6, 6.07) is 22.1. The van der Waals surface area contributed by atoms with Crippen molar-refractivity contribution in [2.24, 2.45) is 0 Å². The van der Waals surface area contributed by atoms with E-state index in [2.05, 4.69) is 29.1 Å². The van der Waals surface area contributed by atoms with Gasteiger partial charge in [0.1, 0.15) is 11.5 Å². The molecule has 1 aromatic heterocycles. The smallest absolute Gasteiger partial charge is 0.127 e. The zero-order chi connectivity index (χ0) is 12.9. The monoisotopic (exact) mass is 249 g/mol. The van der Waals surface area contributed by atoms with Gasteiger partial charge in [0.2, 0.25) is 0 Å². The molecule has 0 saturated carbocycles. The van der Waals surface area contributed by atoms with Crippen molar-refractivity contribution in [2.45, 2.75) is 6.54 Å². The fourth-order valence-corrected chi connectivity index (χ4v) is 2.02. The summed E-state index contributed by atoms with van der Waals surface area (Å²) in [7, 11) is 0. The third kappa shape index (κ3) is 3.05. The number of hydrogen-bond donors (Lipinski definition) is 0. The number of nitrogens with zero attached hydrogens (tertiary/aromatic N) is 1. The lowest BCUT2D eigenvalue weighted by Gasteiger charge is -2.08. The van der Waals surface area contributed by atoms with Crippen LogP contribution in [-0.4, -0.2) is 4.57 Å². The summed E-state index contributed by atoms with van der Waals surface area (Å²) in [5.74, 6) is 1.73. The molecule has 0 saturated heterocycles. The number of aromatic nitrogens is 1. The second-order valence-corrected chi connectivity index (χ2v) is 4.42. The lowest BCUT2D eigenvalue weighted by Crippen LogP contribution is -1.96. The summed E-state index contributed by atoms with van der Waals surface area (Å²) in [6.45, 7) is 0.860. The van der Waals surface area contributed by atoms with E-state index in [9.17, 15) is 0 Å². The van der Waals surface area contributed by atoms with Gasteiger partial charge in [-0.05, 0) is 42.0 Å². The maximum Gasteiger partial charge on any atom is 0.127 e. The third-order valence-corrected chi connectivity index (χ3v) is 2.91. The van der Waals surface area contributed by atoms with E-state index in [4.69, 9.17) is 4.74 Å². The number of para-hydroxylation sites is 1. The maximum absolute atomic E-state index is 5.83. The second kappa shape index (κ2) is 5.44. The Morgan fingerprint density at radius 3 is 2.26 bits per heavy atom. The Hall–Kier alpha value is -2.48. The average Bonchev–Trinajstić information content (AvgIpc) is 2.93. The van der Waals surface area contributed by atoms with Crippen LogP contribution < -0.4 is 4.74 Å². The first-order valence-corrected chi connectivity index (χ1v) is 6.33. The van der Waals surface area contributed by atoms with Crippen LogP contribution in [0.15, 0.2) is 79.1 Å². The van der Waals surface area contributed by atoms with Crippen molar-refractivity contribution >= 4 is 0 Å². The van der Waals surface area contributed by atoms with E-state index in [1.54, 1.807) is 0 Å². The Morgan fingerprint density at radius 2 is 1.47 bits per heavy atom. The molecule has 0 aliphatic heterocycles. The predicted octanol–water partition coefficient (Wildman–Crippen LogP) is 4.33. The molecule has 0 radical (unpaired) electrons. The number of benzene rings is 2. The van der Waals surface area contributed by atoms with Crippen LogP contribution in [0.2, 0.25) is 0 Å². The van der Waals surface area contributed by atoms with E-state index in [-0.39, 0.29) is 0 Å². The summed E-state index contributed by atoms with van der Waals surface area (Å²) in [5, 5.41) is 0. The minimum Gasteiger partial charge on any atom is -0.457 e. The quantitative estimate of drug-likeness (QED) is 0.671. The van der Waals surface area contributed by atoms with Crippen molar-refractivity contribution < 1.29 is 4.74 Å². The van der Waals surface area contributed by atoms with Crippen LogP contribution in [0.1, 0.15) is 5.56 Å². The van der Waals surface area contributed by atoms with E-state index < -0.39 is 0 Å². The molecular formula is C17H15NO. The lowest BCUT2D eigenvalue weighted by atomic mass is 10.2. The summed E-state index contributed by atoms with van der Waals surface area (Å²) in [4.78, 5) is 0. The summed E-state index contributed by atoms with van der Waals surface area (Å²) in [6.07, 6.45) is 4.12. The van der Waals surface area contributed by atoms with Gasteiger partial charge in [0, 0.05) is 18.9 Å². The molecule has 3 rings (SSSR count). The highest BCUT2D eigenvalue weighted by atomic mass is 16.5. The zero-order valence-corrected chi connectivity index (χ0v) is 10.6. The van der Waals surface area contributed by atoms with Crippen LogP contribution in [-0.2, 0) is 6.54 Å². The Balaban J connectivity index is 1.76. The van der Waals surface area contributed by atoms with Gasteiger partial charge in [-0.15, -0.1) is 0 Å². The molecule has 0 spiro atoms. The first kappa shape index (κ1) is 11.6. The van der Waals surface area contributed by atoms with E-state index in [0.717, 1.165) is 18.0 Å². The maximum atomic E-state index is 5.83. The minimum absolute atomic E-state index is 0.860. The van der Waals surface area contributed by atoms with Gasteiger partial charge in [0.25, 0.3) is 0 Å². The highest BCUT2D eigenvalue weighted by Gasteiger charge is 1.99. The Morgan fingerprint density at radius 1 is 0.737 bits per heavy atom. The van der Waals surface area contributed by atoms with Crippen LogP contribution in [0, 0.1) is 0 Å². The molecule has 2 nitrogen and oxygen atoms in total. The van der Waals surface area contributed by atoms with Gasteiger partial charge < -0.3 is 9.30 Å². The molecule has 1 heterocycles. The molecule has 2 heteroatoms. The molecule has 0 aliphatic carbocycles. The van der Waals surface area contributed by atoms with Crippen molar-refractivity contribution in [3.8, 4) is 11.5 Å². The van der Waals surface area contributed by atoms with Gasteiger partial charge in [0.05, 0.1) is 0 Å². The van der Waals surface area contributed by atoms with Crippen molar-refractivity contribution in [3.63, 3.8) is 0 Å². The highest BCUT2D eigenvalue weighted by Crippen LogP contribution is 2.22. The first-order valence-electron chi connectivity index (χ1n) is 6.33. The molecule has 0 unspecified atom stereocenters. The normalized spacial score (nSPS) is 10.3. The molecule has 0 fully saturated rings. The molecule has 3 aromatic rings. The standard InChI is InChI=1S/C17H15NO/c1-2-8-16(9-3-1)19-17-10-6-7-15(13-17)14-18-11-4-5-12-18/h1-13H,14H2. The Bertz CT molecular complexity index is 629. The molecule has 2 aromatic carbocycles. The average molecular weight is 249 g/mol. The van der Waals surface area contributed by atoms with Crippen molar-refractivity contribution in [1.29, 1.82) is 0 Å². The molecule has 19 heavy (non-hydrogen) atoms. The van der Waals surface area contributed by atoms with E-state index >= 15 is 0 Å². The van der Waals surface area contributed by atoms with Crippen molar-refractivity contribution in [3.05, 3.63) is 84.7 Å². The molecule has 0 amide bonds. The van der Waals surface area contributed by atoms with Gasteiger partial charge in [-0.2, -0.15) is 0 Å². The minimum atomic E-state index is 0.860. The van der Waals surface area contributed by atoms with E-state index in [1.807, 2.05) is 54.6 Å². The molecule has 0 bridgehead atoms. The van der Waals surface area contributed by atoms with Gasteiger partial charge in [-0.3, -0.25) is 0 Å². The zero-order valence-electron chi connectivity index (χ0n) is 10.6. The number of rotatable bonds is 4. The summed E-state index contributed by atoms with van der Waals surface area (Å²) < 4.78 is 7.97. The van der Waals surface area contributed by atoms with Gasteiger partial charge in [-0.25, -0.2) is 0 Å². The van der Waals surface area contributed by atoms with Gasteiger partial charge >= 0.3 is 0 Å². The second-order valence-electron chi connectivity index (χ2n) is 4.42. The molecule has 0 aliphatic rings. The van der Waals surface area contributed by atoms with Crippen molar-refractivity contribution in [1.82, 2.24) is 4.57 Å². The Kier molecular flexibility index (Phi) is 3.32. The van der Waals surface area contributed by atoms with Crippen molar-refractivity contribution in [2.75, 3.05) is 0 Å². The first-order chi connectivity index (χ1) is 9.40. The third-order valence-electron chi connectivity index (χ3n) is 2.91. The topological polar surface area (TPSA) is 14.2 Å². The summed E-state index contributed by atoms with van der Waals surface area (Å²) >= 11 is 0. The van der Waals surface area contributed by atoms with Crippen LogP contribution in [0.25, 0.3) is 0 Å². The van der Waals surface area contributed by atoms with Gasteiger partial charge in [0.15, 0.2) is 0 Å². The lowest BCUT2D eigenvalue weighted by molar-refractivity contribution is 0.481.